The average Bonchev–Trinajstić information content (AvgIpc) is 3.41. The summed E-state index contributed by atoms with van der Waals surface area (Å²) in [5, 5.41) is 10.5. The van der Waals surface area contributed by atoms with Gasteiger partial charge in [0.25, 0.3) is 0 Å². The molecule has 8 aromatic rings. The van der Waals surface area contributed by atoms with Crippen LogP contribution < -0.4 is 0 Å². The molecule has 0 atom stereocenters. The molecule has 0 spiro atoms. The third-order valence-electron chi connectivity index (χ3n) is 7.72. The number of fused-ring (bicyclic) bond motifs is 11. The first-order chi connectivity index (χ1) is 17.3. The number of hydrogen-bond acceptors (Lipinski definition) is 0. The van der Waals surface area contributed by atoms with Crippen molar-refractivity contribution in [2.24, 2.45) is 7.05 Å². The summed E-state index contributed by atoms with van der Waals surface area (Å²) < 4.78 is 4.70. The van der Waals surface area contributed by atoms with E-state index in [1.54, 1.807) is 0 Å². The van der Waals surface area contributed by atoms with Crippen LogP contribution in [0.15, 0.2) is 115 Å². The van der Waals surface area contributed by atoms with Crippen LogP contribution >= 0.6 is 0 Å². The maximum absolute atomic E-state index is 2.39. The fourth-order valence-electron chi connectivity index (χ4n) is 6.20. The molecule has 0 saturated carbocycles. The van der Waals surface area contributed by atoms with Crippen molar-refractivity contribution in [3.63, 3.8) is 0 Å². The minimum atomic E-state index is 1.19. The quantitative estimate of drug-likeness (QED) is 0.223. The third-order valence-corrected chi connectivity index (χ3v) is 7.72. The van der Waals surface area contributed by atoms with E-state index in [1.807, 2.05) is 0 Å². The summed E-state index contributed by atoms with van der Waals surface area (Å²) in [6, 6.07) is 42.1. The minimum absolute atomic E-state index is 1.19. The molecule has 2 nitrogen and oxygen atoms in total. The van der Waals surface area contributed by atoms with Crippen molar-refractivity contribution in [3.8, 4) is 5.69 Å². The fraction of sp³-hybridized carbons (Fsp3) is 0.0303. The van der Waals surface area contributed by atoms with Gasteiger partial charge in [0.15, 0.2) is 0 Å². The van der Waals surface area contributed by atoms with E-state index in [0.717, 1.165) is 0 Å². The Balaban J connectivity index is 1.56. The Morgan fingerprint density at radius 1 is 0.371 bits per heavy atom. The van der Waals surface area contributed by atoms with Gasteiger partial charge in [0.05, 0.1) is 11.0 Å². The summed E-state index contributed by atoms with van der Waals surface area (Å²) in [4.78, 5) is 0. The first-order valence-corrected chi connectivity index (χ1v) is 12.1. The Bertz CT molecular complexity index is 2110. The number of benzene rings is 6. The maximum atomic E-state index is 2.39. The minimum Gasteiger partial charge on any atom is -0.344 e. The third kappa shape index (κ3) is 2.38. The van der Waals surface area contributed by atoms with Crippen molar-refractivity contribution in [2.75, 3.05) is 0 Å². The van der Waals surface area contributed by atoms with E-state index in [4.69, 9.17) is 0 Å². The number of aromatic nitrogens is 2. The number of hydrogen-bond donors (Lipinski definition) is 0. The van der Waals surface area contributed by atoms with E-state index in [1.165, 1.54) is 70.8 Å². The second kappa shape index (κ2) is 6.74. The molecular formula is C33H22N2. The Labute approximate surface area is 202 Å². The maximum Gasteiger partial charge on any atom is 0.0547 e. The van der Waals surface area contributed by atoms with Crippen molar-refractivity contribution in [1.29, 1.82) is 0 Å². The summed E-state index contributed by atoms with van der Waals surface area (Å²) in [7, 11) is 2.17. The molecule has 0 amide bonds. The van der Waals surface area contributed by atoms with Crippen LogP contribution in [0, 0.1) is 0 Å². The van der Waals surface area contributed by atoms with Crippen LogP contribution in [-0.2, 0) is 7.05 Å². The van der Waals surface area contributed by atoms with Gasteiger partial charge in [0.1, 0.15) is 0 Å². The predicted octanol–water partition coefficient (Wildman–Crippen LogP) is 8.74. The number of aryl methyl sites for hydroxylation is 1. The smallest absolute Gasteiger partial charge is 0.0547 e. The molecule has 2 heteroatoms. The Morgan fingerprint density at radius 3 is 1.60 bits per heavy atom. The van der Waals surface area contributed by atoms with Gasteiger partial charge in [-0.15, -0.1) is 0 Å². The summed E-state index contributed by atoms with van der Waals surface area (Å²) in [6.07, 6.45) is 0. The van der Waals surface area contributed by atoms with Gasteiger partial charge in [-0.05, 0) is 57.9 Å². The van der Waals surface area contributed by atoms with Crippen molar-refractivity contribution in [1.82, 2.24) is 9.13 Å². The predicted molar refractivity (Wildman–Crippen MR) is 150 cm³/mol. The molecule has 0 unspecified atom stereocenters. The van der Waals surface area contributed by atoms with Gasteiger partial charge in [-0.1, -0.05) is 78.9 Å². The van der Waals surface area contributed by atoms with Crippen LogP contribution in [0.5, 0.6) is 0 Å². The first kappa shape index (κ1) is 18.8. The molecule has 164 valence electrons. The standard InChI is InChI=1S/C33H22N2/c1-34-28-13-7-5-11-26(28)32-24-15-16-25-23(22(24)17-19-30(32)34)18-20-31-33(25)27-12-6-8-14-29(27)35(31)21-9-3-2-4-10-21/h2-20H,1H3. The zero-order chi connectivity index (χ0) is 23.1. The normalized spacial score (nSPS) is 12.1. The van der Waals surface area contributed by atoms with Gasteiger partial charge in [0.2, 0.25) is 0 Å². The monoisotopic (exact) mass is 446 g/mol. The van der Waals surface area contributed by atoms with Gasteiger partial charge >= 0.3 is 0 Å². The molecule has 35 heavy (non-hydrogen) atoms. The Morgan fingerprint density at radius 2 is 0.886 bits per heavy atom. The van der Waals surface area contributed by atoms with Gasteiger partial charge in [-0.25, -0.2) is 0 Å². The highest BCUT2D eigenvalue weighted by atomic mass is 15.0. The summed E-state index contributed by atoms with van der Waals surface area (Å²) in [6.45, 7) is 0. The Hall–Kier alpha value is -4.56. The second-order valence-corrected chi connectivity index (χ2v) is 9.44. The summed E-state index contributed by atoms with van der Waals surface area (Å²) in [5.74, 6) is 0. The fourth-order valence-corrected chi connectivity index (χ4v) is 6.20. The van der Waals surface area contributed by atoms with Gasteiger partial charge < -0.3 is 9.13 Å². The van der Waals surface area contributed by atoms with Crippen molar-refractivity contribution in [2.45, 2.75) is 0 Å². The largest absolute Gasteiger partial charge is 0.344 e. The zero-order valence-corrected chi connectivity index (χ0v) is 19.4. The lowest BCUT2D eigenvalue weighted by molar-refractivity contribution is 1.01. The van der Waals surface area contributed by atoms with E-state index in [-0.39, 0.29) is 0 Å². The van der Waals surface area contributed by atoms with Gasteiger partial charge in [-0.3, -0.25) is 0 Å². The highest BCUT2D eigenvalue weighted by Crippen LogP contribution is 2.41. The molecular weight excluding hydrogens is 424 g/mol. The van der Waals surface area contributed by atoms with Crippen molar-refractivity contribution >= 4 is 65.2 Å². The average molecular weight is 447 g/mol. The molecule has 8 rings (SSSR count). The lowest BCUT2D eigenvalue weighted by atomic mass is 9.96. The van der Waals surface area contributed by atoms with E-state index < -0.39 is 0 Å². The lowest BCUT2D eigenvalue weighted by Crippen LogP contribution is -1.92. The molecule has 0 aliphatic heterocycles. The molecule has 2 heterocycles. The lowest BCUT2D eigenvalue weighted by Gasteiger charge is -2.10. The molecule has 0 bridgehead atoms. The van der Waals surface area contributed by atoms with E-state index in [0.29, 0.717) is 0 Å². The molecule has 0 N–H and O–H groups in total. The van der Waals surface area contributed by atoms with Gasteiger partial charge in [-0.2, -0.15) is 0 Å². The zero-order valence-electron chi connectivity index (χ0n) is 19.4. The SMILES string of the molecule is Cn1c2ccccc2c2c3ccc4c(ccc5c4c4ccccc4n5-c4ccccc4)c3ccc21. The number of rotatable bonds is 1. The van der Waals surface area contributed by atoms with Crippen LogP contribution in [0.4, 0.5) is 0 Å². The van der Waals surface area contributed by atoms with Crippen LogP contribution in [0.25, 0.3) is 70.8 Å². The molecule has 6 aromatic carbocycles. The molecule has 0 aliphatic carbocycles. The van der Waals surface area contributed by atoms with Gasteiger partial charge in [0, 0.05) is 45.3 Å². The topological polar surface area (TPSA) is 9.86 Å². The number of nitrogens with zero attached hydrogens (tertiary/aromatic N) is 2. The van der Waals surface area contributed by atoms with Crippen LogP contribution in [0.2, 0.25) is 0 Å². The highest BCUT2D eigenvalue weighted by molar-refractivity contribution is 6.30. The summed E-state index contributed by atoms with van der Waals surface area (Å²) in [5.41, 5.74) is 6.23. The second-order valence-electron chi connectivity index (χ2n) is 9.44. The van der Waals surface area contributed by atoms with Crippen LogP contribution in [0.1, 0.15) is 0 Å². The van der Waals surface area contributed by atoms with Crippen LogP contribution in [-0.4, -0.2) is 9.13 Å². The Kier molecular flexibility index (Phi) is 3.62. The van der Waals surface area contributed by atoms with E-state index in [2.05, 4.69) is 131 Å². The summed E-state index contributed by atoms with van der Waals surface area (Å²) >= 11 is 0. The first-order valence-electron chi connectivity index (χ1n) is 12.1. The molecule has 2 aromatic heterocycles. The molecule has 0 aliphatic rings. The highest BCUT2D eigenvalue weighted by Gasteiger charge is 2.17. The van der Waals surface area contributed by atoms with Crippen molar-refractivity contribution < 1.29 is 0 Å². The molecule has 0 radical (unpaired) electrons. The molecule has 0 fully saturated rings. The van der Waals surface area contributed by atoms with Crippen molar-refractivity contribution in [3.05, 3.63) is 115 Å². The van der Waals surface area contributed by atoms with E-state index in [9.17, 15) is 0 Å². The van der Waals surface area contributed by atoms with E-state index >= 15 is 0 Å². The van der Waals surface area contributed by atoms with Crippen LogP contribution in [0.3, 0.4) is 0 Å². The number of para-hydroxylation sites is 3. The molecule has 0 saturated heterocycles.